The highest BCUT2D eigenvalue weighted by Crippen LogP contribution is 2.37. The average molecular weight is 404 g/mol. The third kappa shape index (κ3) is 4.57. The summed E-state index contributed by atoms with van der Waals surface area (Å²) in [6, 6.07) is 5.05. The zero-order chi connectivity index (χ0) is 19.0. The van der Waals surface area contributed by atoms with Gasteiger partial charge in [0.25, 0.3) is 10.0 Å². The number of rotatable bonds is 3. The van der Waals surface area contributed by atoms with Crippen LogP contribution in [-0.2, 0) is 22.4 Å². The lowest BCUT2D eigenvalue weighted by molar-refractivity contribution is -0.138. The van der Waals surface area contributed by atoms with Crippen LogP contribution in [0.25, 0.3) is 0 Å². The quantitative estimate of drug-likeness (QED) is 0.718. The fraction of sp³-hybridized carbons (Fsp3) is 0.143. The smallest absolute Gasteiger partial charge is 0.280 e. The lowest BCUT2D eigenvalue weighted by atomic mass is 10.2. The van der Waals surface area contributed by atoms with Gasteiger partial charge < -0.3 is 0 Å². The van der Waals surface area contributed by atoms with Gasteiger partial charge in [0.15, 0.2) is 0 Å². The zero-order valence-electron chi connectivity index (χ0n) is 11.9. The molecule has 0 amide bonds. The van der Waals surface area contributed by atoms with E-state index in [1.807, 2.05) is 0 Å². The van der Waals surface area contributed by atoms with Gasteiger partial charge in [0.05, 0.1) is 21.0 Å². The monoisotopic (exact) mass is 403 g/mol. The maximum Gasteiger partial charge on any atom is 0.417 e. The molecular formula is C14H8ClF6NO2S. The van der Waals surface area contributed by atoms with E-state index in [2.05, 4.69) is 0 Å². The Morgan fingerprint density at radius 1 is 0.880 bits per heavy atom. The minimum absolute atomic E-state index is 0.378. The van der Waals surface area contributed by atoms with E-state index in [1.54, 1.807) is 4.72 Å². The number of anilines is 1. The minimum atomic E-state index is -4.82. The van der Waals surface area contributed by atoms with Crippen LogP contribution in [0, 0.1) is 0 Å². The van der Waals surface area contributed by atoms with E-state index < -0.39 is 49.1 Å². The van der Waals surface area contributed by atoms with E-state index >= 15 is 0 Å². The van der Waals surface area contributed by atoms with Crippen LogP contribution in [0.1, 0.15) is 11.1 Å². The normalized spacial score (nSPS) is 12.9. The third-order valence-electron chi connectivity index (χ3n) is 3.00. The van der Waals surface area contributed by atoms with Crippen molar-refractivity contribution in [2.45, 2.75) is 17.2 Å². The average Bonchev–Trinajstić information content (AvgIpc) is 2.47. The molecule has 0 aliphatic rings. The Morgan fingerprint density at radius 3 is 2.08 bits per heavy atom. The Hall–Kier alpha value is -1.94. The van der Waals surface area contributed by atoms with Crippen LogP contribution in [0.3, 0.4) is 0 Å². The van der Waals surface area contributed by atoms with E-state index in [4.69, 9.17) is 11.6 Å². The molecule has 0 radical (unpaired) electrons. The summed E-state index contributed by atoms with van der Waals surface area (Å²) in [6.45, 7) is 0. The number of benzene rings is 2. The Morgan fingerprint density at radius 2 is 1.52 bits per heavy atom. The Labute approximate surface area is 143 Å². The second kappa shape index (κ2) is 6.41. The minimum Gasteiger partial charge on any atom is -0.280 e. The molecule has 11 heteroatoms. The SMILES string of the molecule is O=S(=O)(Nc1ccc(Cl)c(C(F)(F)F)c1)c1cccc(C(F)(F)F)c1. The first-order valence-electron chi connectivity index (χ1n) is 6.37. The summed E-state index contributed by atoms with van der Waals surface area (Å²) >= 11 is 5.42. The van der Waals surface area contributed by atoms with Gasteiger partial charge in [0.2, 0.25) is 0 Å². The summed E-state index contributed by atoms with van der Waals surface area (Å²) in [5.74, 6) is 0. The predicted octanol–water partition coefficient (Wildman–Crippen LogP) is 5.18. The summed E-state index contributed by atoms with van der Waals surface area (Å²) in [5.41, 5.74) is -2.98. The van der Waals surface area contributed by atoms with Crippen molar-refractivity contribution >= 4 is 27.3 Å². The zero-order valence-corrected chi connectivity index (χ0v) is 13.5. The van der Waals surface area contributed by atoms with Gasteiger partial charge in [0, 0.05) is 5.69 Å². The molecule has 3 nitrogen and oxygen atoms in total. The molecule has 136 valence electrons. The fourth-order valence-corrected chi connectivity index (χ4v) is 3.18. The van der Waals surface area contributed by atoms with Crippen LogP contribution < -0.4 is 4.72 Å². The van der Waals surface area contributed by atoms with Crippen molar-refractivity contribution in [2.24, 2.45) is 0 Å². The van der Waals surface area contributed by atoms with Gasteiger partial charge in [-0.05, 0) is 36.4 Å². The van der Waals surface area contributed by atoms with Gasteiger partial charge in [0.1, 0.15) is 0 Å². The van der Waals surface area contributed by atoms with E-state index in [1.165, 1.54) is 0 Å². The fourth-order valence-electron chi connectivity index (χ4n) is 1.86. The van der Waals surface area contributed by atoms with Gasteiger partial charge in [-0.3, -0.25) is 4.72 Å². The van der Waals surface area contributed by atoms with Gasteiger partial charge in [-0.25, -0.2) is 8.42 Å². The van der Waals surface area contributed by atoms with Crippen LogP contribution in [0.15, 0.2) is 47.4 Å². The summed E-state index contributed by atoms with van der Waals surface area (Å²) < 4.78 is 102. The number of nitrogens with one attached hydrogen (secondary N) is 1. The largest absolute Gasteiger partial charge is 0.417 e. The van der Waals surface area contributed by atoms with Crippen LogP contribution >= 0.6 is 11.6 Å². The molecule has 0 saturated heterocycles. The van der Waals surface area contributed by atoms with E-state index in [0.717, 1.165) is 24.3 Å². The molecule has 2 aromatic rings. The van der Waals surface area contributed by atoms with Crippen molar-refractivity contribution in [1.82, 2.24) is 0 Å². The van der Waals surface area contributed by atoms with Gasteiger partial charge >= 0.3 is 12.4 Å². The molecule has 25 heavy (non-hydrogen) atoms. The summed E-state index contributed by atoms with van der Waals surface area (Å²) in [4.78, 5) is -0.745. The van der Waals surface area contributed by atoms with Crippen LogP contribution in [-0.4, -0.2) is 8.42 Å². The summed E-state index contributed by atoms with van der Waals surface area (Å²) in [7, 11) is -4.53. The summed E-state index contributed by atoms with van der Waals surface area (Å²) in [5, 5.41) is -0.644. The highest BCUT2D eigenvalue weighted by molar-refractivity contribution is 7.92. The lowest BCUT2D eigenvalue weighted by Crippen LogP contribution is -2.15. The van der Waals surface area contributed by atoms with Gasteiger partial charge in [-0.1, -0.05) is 17.7 Å². The number of hydrogen-bond donors (Lipinski definition) is 1. The highest BCUT2D eigenvalue weighted by Gasteiger charge is 2.34. The van der Waals surface area contributed by atoms with Crippen molar-refractivity contribution in [2.75, 3.05) is 4.72 Å². The molecule has 0 fully saturated rings. The van der Waals surface area contributed by atoms with E-state index in [-0.39, 0.29) is 0 Å². The van der Waals surface area contributed by atoms with Crippen molar-refractivity contribution in [3.05, 3.63) is 58.6 Å². The van der Waals surface area contributed by atoms with Crippen molar-refractivity contribution < 1.29 is 34.8 Å². The molecule has 0 aliphatic carbocycles. The molecule has 2 rings (SSSR count). The first-order valence-corrected chi connectivity index (χ1v) is 8.23. The molecule has 0 spiro atoms. The predicted molar refractivity (Wildman–Crippen MR) is 78.7 cm³/mol. The molecule has 0 aromatic heterocycles. The third-order valence-corrected chi connectivity index (χ3v) is 4.70. The molecule has 0 unspecified atom stereocenters. The molecular weight excluding hydrogens is 396 g/mol. The molecule has 2 aromatic carbocycles. The lowest BCUT2D eigenvalue weighted by Gasteiger charge is -2.13. The molecule has 0 atom stereocenters. The van der Waals surface area contributed by atoms with Crippen LogP contribution in [0.5, 0.6) is 0 Å². The van der Waals surface area contributed by atoms with E-state index in [9.17, 15) is 34.8 Å². The first-order chi connectivity index (χ1) is 11.3. The summed E-state index contributed by atoms with van der Waals surface area (Å²) in [6.07, 6.45) is -9.59. The Bertz CT molecular complexity index is 893. The van der Waals surface area contributed by atoms with E-state index in [0.29, 0.717) is 18.2 Å². The number of sulfonamides is 1. The molecule has 1 N–H and O–H groups in total. The Balaban J connectivity index is 2.40. The molecule has 0 aliphatic heterocycles. The topological polar surface area (TPSA) is 46.2 Å². The van der Waals surface area contributed by atoms with Crippen LogP contribution in [0.4, 0.5) is 32.0 Å². The molecule has 0 saturated carbocycles. The van der Waals surface area contributed by atoms with Gasteiger partial charge in [-0.15, -0.1) is 0 Å². The Kier molecular flexibility index (Phi) is 4.97. The van der Waals surface area contributed by atoms with Crippen molar-refractivity contribution in [1.29, 1.82) is 0 Å². The highest BCUT2D eigenvalue weighted by atomic mass is 35.5. The van der Waals surface area contributed by atoms with Gasteiger partial charge in [-0.2, -0.15) is 26.3 Å². The van der Waals surface area contributed by atoms with Crippen molar-refractivity contribution in [3.8, 4) is 0 Å². The van der Waals surface area contributed by atoms with Crippen LogP contribution in [0.2, 0.25) is 5.02 Å². The second-order valence-electron chi connectivity index (χ2n) is 4.82. The number of alkyl halides is 6. The second-order valence-corrected chi connectivity index (χ2v) is 6.91. The maximum absolute atomic E-state index is 12.8. The van der Waals surface area contributed by atoms with Crippen molar-refractivity contribution in [3.63, 3.8) is 0 Å². The molecule has 0 heterocycles. The standard InChI is InChI=1S/C14H8ClF6NO2S/c15-12-5-4-9(7-11(12)14(19,20)21)22-25(23,24)10-3-1-2-8(6-10)13(16,17)18/h1-7,22H. The maximum atomic E-state index is 12.8. The first kappa shape index (κ1) is 19.4. The number of halogens is 7. The number of hydrogen-bond acceptors (Lipinski definition) is 2. The molecule has 0 bridgehead atoms.